The van der Waals surface area contributed by atoms with Crippen molar-refractivity contribution in [3.05, 3.63) is 75.7 Å². The van der Waals surface area contributed by atoms with E-state index in [4.69, 9.17) is 45.0 Å². The average molecular weight is 564 g/mol. The molecule has 0 saturated heterocycles. The summed E-state index contributed by atoms with van der Waals surface area (Å²) in [6, 6.07) is 10.8. The first-order valence-corrected chi connectivity index (χ1v) is 13.2. The second kappa shape index (κ2) is 9.50. The molecule has 2 atom stereocenters. The number of imidazole rings is 1. The first kappa shape index (κ1) is 24.9. The van der Waals surface area contributed by atoms with Crippen molar-refractivity contribution < 1.29 is 33.2 Å². The number of pyridine rings is 1. The van der Waals surface area contributed by atoms with Crippen LogP contribution in [0.3, 0.4) is 0 Å². The second-order valence-electron chi connectivity index (χ2n) is 9.78. The Morgan fingerprint density at radius 3 is 2.70 bits per heavy atom. The van der Waals surface area contributed by atoms with E-state index in [1.165, 1.54) is 14.2 Å². The van der Waals surface area contributed by atoms with Gasteiger partial charge in [-0.25, -0.2) is 9.78 Å². The summed E-state index contributed by atoms with van der Waals surface area (Å²) in [5, 5.41) is 0.575. The molecular formula is C29H26ClN3O7. The van der Waals surface area contributed by atoms with Gasteiger partial charge < -0.3 is 28.4 Å². The molecule has 3 aliphatic rings. The fourth-order valence-corrected chi connectivity index (χ4v) is 6.30. The minimum atomic E-state index is -0.656. The zero-order chi connectivity index (χ0) is 27.5. The number of fused-ring (bicyclic) bond motifs is 4. The molecule has 0 aliphatic carbocycles. The molecule has 2 aromatic heterocycles. The molecule has 3 aliphatic heterocycles. The molecular weight excluding hydrogens is 538 g/mol. The first-order chi connectivity index (χ1) is 19.5. The predicted octanol–water partition coefficient (Wildman–Crippen LogP) is 4.75. The van der Waals surface area contributed by atoms with Crippen LogP contribution >= 0.6 is 11.6 Å². The van der Waals surface area contributed by atoms with Crippen LogP contribution in [0.25, 0.3) is 5.65 Å². The maximum absolute atomic E-state index is 13.4. The fraction of sp³-hybridized carbons (Fsp3) is 0.310. The number of ether oxygens (including phenoxy) is 6. The highest BCUT2D eigenvalue weighted by atomic mass is 35.5. The van der Waals surface area contributed by atoms with Gasteiger partial charge in [0, 0.05) is 30.4 Å². The van der Waals surface area contributed by atoms with E-state index in [-0.39, 0.29) is 6.79 Å². The molecule has 40 heavy (non-hydrogen) atoms. The van der Waals surface area contributed by atoms with Gasteiger partial charge >= 0.3 is 5.97 Å². The summed E-state index contributed by atoms with van der Waals surface area (Å²) < 4.78 is 36.5. The van der Waals surface area contributed by atoms with E-state index >= 15 is 0 Å². The lowest BCUT2D eigenvalue weighted by atomic mass is 9.85. The summed E-state index contributed by atoms with van der Waals surface area (Å²) in [4.78, 5) is 20.4. The van der Waals surface area contributed by atoms with E-state index in [0.29, 0.717) is 58.1 Å². The van der Waals surface area contributed by atoms with Gasteiger partial charge in [-0.3, -0.25) is 9.30 Å². The normalized spacial score (nSPS) is 19.4. The lowest BCUT2D eigenvalue weighted by molar-refractivity contribution is 0.000279. The van der Waals surface area contributed by atoms with Crippen LogP contribution in [-0.2, 0) is 17.7 Å². The van der Waals surface area contributed by atoms with E-state index in [9.17, 15) is 4.79 Å². The Morgan fingerprint density at radius 1 is 1.07 bits per heavy atom. The molecule has 4 aromatic rings. The molecule has 0 N–H and O–H groups in total. The van der Waals surface area contributed by atoms with Gasteiger partial charge in [-0.15, -0.1) is 0 Å². The van der Waals surface area contributed by atoms with E-state index in [2.05, 4.69) is 4.90 Å². The van der Waals surface area contributed by atoms with Crippen molar-refractivity contribution >= 4 is 23.2 Å². The van der Waals surface area contributed by atoms with Gasteiger partial charge in [0.25, 0.3) is 0 Å². The SMILES string of the molecule is COc1ccc2c(c1OC)C(=O)O[C@@H]2[C@H]1c2c(cc3c(c2OC)OCO3)CCN1Cc1cn2c(Cl)cccc2n1. The minimum Gasteiger partial charge on any atom is -0.493 e. The number of carbonyl (C=O) groups is 1. The minimum absolute atomic E-state index is 0.114. The van der Waals surface area contributed by atoms with Crippen LogP contribution in [0.1, 0.15) is 44.9 Å². The molecule has 0 amide bonds. The highest BCUT2D eigenvalue weighted by Crippen LogP contribution is 2.55. The number of hydrogen-bond acceptors (Lipinski definition) is 9. The Hall–Kier alpha value is -4.15. The van der Waals surface area contributed by atoms with Crippen LogP contribution < -0.4 is 23.7 Å². The van der Waals surface area contributed by atoms with E-state index in [1.54, 1.807) is 13.2 Å². The van der Waals surface area contributed by atoms with Gasteiger partial charge in [0.2, 0.25) is 12.5 Å². The second-order valence-corrected chi connectivity index (χ2v) is 10.2. The lowest BCUT2D eigenvalue weighted by Crippen LogP contribution is -2.38. The Kier molecular flexibility index (Phi) is 5.90. The summed E-state index contributed by atoms with van der Waals surface area (Å²) in [6.07, 6.45) is 2.01. The van der Waals surface area contributed by atoms with Gasteiger partial charge in [0.15, 0.2) is 23.0 Å². The van der Waals surface area contributed by atoms with E-state index in [0.717, 1.165) is 28.9 Å². The zero-order valence-electron chi connectivity index (χ0n) is 22.1. The van der Waals surface area contributed by atoms with Crippen LogP contribution in [0.2, 0.25) is 5.15 Å². The van der Waals surface area contributed by atoms with Gasteiger partial charge in [-0.05, 0) is 36.2 Å². The van der Waals surface area contributed by atoms with Crippen LogP contribution in [-0.4, -0.2) is 54.9 Å². The molecule has 206 valence electrons. The third kappa shape index (κ3) is 3.66. The van der Waals surface area contributed by atoms with Crippen molar-refractivity contribution in [2.75, 3.05) is 34.7 Å². The molecule has 0 unspecified atom stereocenters. The Bertz CT molecular complexity index is 1670. The van der Waals surface area contributed by atoms with Gasteiger partial charge in [0.1, 0.15) is 22.5 Å². The van der Waals surface area contributed by atoms with Crippen molar-refractivity contribution in [3.8, 4) is 28.7 Å². The molecule has 10 nitrogen and oxygen atoms in total. The largest absolute Gasteiger partial charge is 0.493 e. The van der Waals surface area contributed by atoms with Crippen molar-refractivity contribution in [1.29, 1.82) is 0 Å². The summed E-state index contributed by atoms with van der Waals surface area (Å²) in [6.45, 7) is 1.28. The van der Waals surface area contributed by atoms with Crippen molar-refractivity contribution in [2.24, 2.45) is 0 Å². The highest BCUT2D eigenvalue weighted by Gasteiger charge is 2.47. The maximum Gasteiger partial charge on any atom is 0.343 e. The number of esters is 1. The molecule has 0 saturated carbocycles. The smallest absolute Gasteiger partial charge is 0.343 e. The lowest BCUT2D eigenvalue weighted by Gasteiger charge is -2.40. The van der Waals surface area contributed by atoms with Crippen LogP contribution in [0.4, 0.5) is 0 Å². The zero-order valence-corrected chi connectivity index (χ0v) is 22.9. The number of carbonyl (C=O) groups excluding carboxylic acids is 1. The molecule has 11 heteroatoms. The number of aromatic nitrogens is 2. The summed E-state index contributed by atoms with van der Waals surface area (Å²) in [5.41, 5.74) is 4.59. The van der Waals surface area contributed by atoms with Gasteiger partial charge in [0.05, 0.1) is 33.1 Å². The van der Waals surface area contributed by atoms with Crippen LogP contribution in [0.5, 0.6) is 28.7 Å². The maximum atomic E-state index is 13.4. The first-order valence-electron chi connectivity index (χ1n) is 12.8. The molecule has 0 bridgehead atoms. The summed E-state index contributed by atoms with van der Waals surface area (Å²) in [7, 11) is 4.66. The van der Waals surface area contributed by atoms with Gasteiger partial charge in [-0.1, -0.05) is 23.7 Å². The number of cyclic esters (lactones) is 1. The Balaban J connectivity index is 1.39. The van der Waals surface area contributed by atoms with Crippen LogP contribution in [0, 0.1) is 0 Å². The fourth-order valence-electron chi connectivity index (χ4n) is 6.09. The van der Waals surface area contributed by atoms with E-state index < -0.39 is 18.1 Å². The molecule has 0 spiro atoms. The number of rotatable bonds is 6. The highest BCUT2D eigenvalue weighted by molar-refractivity contribution is 6.29. The third-order valence-electron chi connectivity index (χ3n) is 7.77. The Morgan fingerprint density at radius 2 is 1.93 bits per heavy atom. The molecule has 2 aromatic carbocycles. The number of methoxy groups -OCH3 is 3. The number of nitrogens with zero attached hydrogens (tertiary/aromatic N) is 3. The van der Waals surface area contributed by atoms with Gasteiger partial charge in [-0.2, -0.15) is 0 Å². The number of hydrogen-bond donors (Lipinski definition) is 0. The number of halogens is 1. The summed E-state index contributed by atoms with van der Waals surface area (Å²) >= 11 is 6.42. The van der Waals surface area contributed by atoms with E-state index in [1.807, 2.05) is 40.9 Å². The molecule has 5 heterocycles. The Labute approximate surface area is 234 Å². The van der Waals surface area contributed by atoms with Crippen molar-refractivity contribution in [2.45, 2.75) is 25.1 Å². The standard InChI is InChI=1S/C29H26ClN3O7/c1-35-18-8-7-17-23(26(18)36-2)29(34)40-25(17)24-22-15(11-19-27(28(22)37-3)39-14-38-19)9-10-32(24)12-16-13-33-20(30)5-4-6-21(33)31-16/h4-8,11,13,24-25H,9-10,12,14H2,1-3H3/t24-,25+/m1/s1. The number of benzene rings is 2. The topological polar surface area (TPSA) is 93.0 Å². The predicted molar refractivity (Wildman–Crippen MR) is 144 cm³/mol. The molecule has 0 radical (unpaired) electrons. The van der Waals surface area contributed by atoms with Crippen molar-refractivity contribution in [3.63, 3.8) is 0 Å². The van der Waals surface area contributed by atoms with Crippen molar-refractivity contribution in [1.82, 2.24) is 14.3 Å². The molecule has 0 fully saturated rings. The average Bonchev–Trinajstić information content (AvgIpc) is 3.69. The quantitative estimate of drug-likeness (QED) is 0.243. The molecule has 7 rings (SSSR count). The van der Waals surface area contributed by atoms with Crippen LogP contribution in [0.15, 0.2) is 42.6 Å². The summed E-state index contributed by atoms with van der Waals surface area (Å²) in [5.74, 6) is 2.10. The monoisotopic (exact) mass is 563 g/mol. The third-order valence-corrected chi connectivity index (χ3v) is 8.08.